The molecular weight excluding hydrogens is 206 g/mol. The lowest BCUT2D eigenvalue weighted by Gasteiger charge is -2.19. The highest BCUT2D eigenvalue weighted by Crippen LogP contribution is 2.29. The number of halogens is 1. The van der Waals surface area contributed by atoms with Gasteiger partial charge in [-0.25, -0.2) is 0 Å². The van der Waals surface area contributed by atoms with Gasteiger partial charge in [0.25, 0.3) is 0 Å². The van der Waals surface area contributed by atoms with E-state index in [1.54, 1.807) is 7.05 Å². The number of carbonyl (C=O) groups is 2. The molecule has 14 heavy (non-hydrogen) atoms. The zero-order valence-corrected chi connectivity index (χ0v) is 9.00. The highest BCUT2D eigenvalue weighted by molar-refractivity contribution is 6.31. The molecule has 1 saturated carbocycles. The van der Waals surface area contributed by atoms with E-state index in [2.05, 4.69) is 10.1 Å². The Kier molecular flexibility index (Phi) is 3.89. The predicted octanol–water partition coefficient (Wildman–Crippen LogP) is 0.334. The largest absolute Gasteiger partial charge is 0.468 e. The van der Waals surface area contributed by atoms with Crippen molar-refractivity contribution < 1.29 is 14.3 Å². The number of esters is 1. The van der Waals surface area contributed by atoms with Crippen LogP contribution < -0.4 is 5.32 Å². The topological polar surface area (TPSA) is 55.4 Å². The van der Waals surface area contributed by atoms with Crippen LogP contribution in [0.3, 0.4) is 0 Å². The first kappa shape index (κ1) is 11.5. The molecule has 4 nitrogen and oxygen atoms in total. The molecule has 0 saturated heterocycles. The molecule has 5 heteroatoms. The lowest BCUT2D eigenvalue weighted by atomic mass is 9.98. The first-order valence-electron chi connectivity index (χ1n) is 4.52. The van der Waals surface area contributed by atoms with Gasteiger partial charge in [-0.2, -0.15) is 0 Å². The van der Waals surface area contributed by atoms with Crippen molar-refractivity contribution in [2.45, 2.75) is 24.3 Å². The van der Waals surface area contributed by atoms with Gasteiger partial charge in [0.1, 0.15) is 6.04 Å². The SMILES string of the molecule is CNC(C(=O)OC)C1CC(=O)C(Cl)C1. The number of hydrogen-bond donors (Lipinski definition) is 1. The molecule has 0 bridgehead atoms. The van der Waals surface area contributed by atoms with Gasteiger partial charge in [0.15, 0.2) is 5.78 Å². The number of Topliss-reactive ketones (excluding diaryl/α,β-unsaturated/α-hetero) is 1. The number of alkyl halides is 1. The van der Waals surface area contributed by atoms with Crippen LogP contribution in [0.2, 0.25) is 0 Å². The Bertz CT molecular complexity index is 244. The van der Waals surface area contributed by atoms with Gasteiger partial charge in [-0.3, -0.25) is 9.59 Å². The minimum absolute atomic E-state index is 0.0146. The Morgan fingerprint density at radius 2 is 2.36 bits per heavy atom. The number of carbonyl (C=O) groups excluding carboxylic acids is 2. The van der Waals surface area contributed by atoms with E-state index in [-0.39, 0.29) is 17.7 Å². The Morgan fingerprint density at radius 3 is 2.71 bits per heavy atom. The summed E-state index contributed by atoms with van der Waals surface area (Å²) in [4.78, 5) is 22.5. The van der Waals surface area contributed by atoms with Crippen molar-refractivity contribution in [1.82, 2.24) is 5.32 Å². The second-order valence-corrected chi connectivity index (χ2v) is 3.95. The van der Waals surface area contributed by atoms with Crippen LogP contribution >= 0.6 is 11.6 Å². The zero-order valence-electron chi connectivity index (χ0n) is 8.25. The average molecular weight is 220 g/mol. The molecule has 0 radical (unpaired) electrons. The molecule has 0 heterocycles. The van der Waals surface area contributed by atoms with Crippen molar-refractivity contribution in [2.24, 2.45) is 5.92 Å². The summed E-state index contributed by atoms with van der Waals surface area (Å²) in [5.41, 5.74) is 0. The molecule has 0 spiro atoms. The van der Waals surface area contributed by atoms with Crippen LogP contribution in [-0.4, -0.2) is 37.3 Å². The summed E-state index contributed by atoms with van der Waals surface area (Å²) >= 11 is 5.78. The molecule has 3 unspecified atom stereocenters. The van der Waals surface area contributed by atoms with E-state index < -0.39 is 11.4 Å². The molecule has 3 atom stereocenters. The van der Waals surface area contributed by atoms with Crippen molar-refractivity contribution in [3.05, 3.63) is 0 Å². The number of nitrogens with one attached hydrogen (secondary N) is 1. The van der Waals surface area contributed by atoms with Crippen molar-refractivity contribution in [2.75, 3.05) is 14.2 Å². The minimum Gasteiger partial charge on any atom is -0.468 e. The molecule has 0 aromatic rings. The Labute approximate surface area is 87.9 Å². The van der Waals surface area contributed by atoms with Gasteiger partial charge in [-0.05, 0) is 19.4 Å². The summed E-state index contributed by atoms with van der Waals surface area (Å²) in [6, 6.07) is -0.423. The fourth-order valence-corrected chi connectivity index (χ4v) is 2.11. The van der Waals surface area contributed by atoms with Crippen LogP contribution in [0.5, 0.6) is 0 Å². The van der Waals surface area contributed by atoms with E-state index in [1.807, 2.05) is 0 Å². The van der Waals surface area contributed by atoms with Gasteiger partial charge < -0.3 is 10.1 Å². The number of hydrogen-bond acceptors (Lipinski definition) is 4. The lowest BCUT2D eigenvalue weighted by Crippen LogP contribution is -2.40. The highest BCUT2D eigenvalue weighted by Gasteiger charge is 2.38. The molecule has 0 aromatic carbocycles. The third-order valence-electron chi connectivity index (χ3n) is 2.56. The van der Waals surface area contributed by atoms with Gasteiger partial charge in [0.05, 0.1) is 12.5 Å². The third-order valence-corrected chi connectivity index (χ3v) is 2.98. The highest BCUT2D eigenvalue weighted by atomic mass is 35.5. The molecule has 1 rings (SSSR count). The van der Waals surface area contributed by atoms with Crippen molar-refractivity contribution in [3.8, 4) is 0 Å². The molecule has 0 aliphatic heterocycles. The second kappa shape index (κ2) is 4.75. The molecule has 1 aliphatic rings. The van der Waals surface area contributed by atoms with Crippen LogP contribution in [0.4, 0.5) is 0 Å². The van der Waals surface area contributed by atoms with Crippen molar-refractivity contribution in [3.63, 3.8) is 0 Å². The minimum atomic E-state index is -0.444. The molecular formula is C9H14ClNO3. The van der Waals surface area contributed by atoms with Crippen molar-refractivity contribution in [1.29, 1.82) is 0 Å². The van der Waals surface area contributed by atoms with Gasteiger partial charge in [-0.15, -0.1) is 11.6 Å². The maximum Gasteiger partial charge on any atom is 0.323 e. The summed E-state index contributed by atoms with van der Waals surface area (Å²) in [5.74, 6) is -0.362. The normalized spacial score (nSPS) is 28.9. The molecule has 1 fully saturated rings. The van der Waals surface area contributed by atoms with E-state index in [0.717, 1.165) is 0 Å². The summed E-state index contributed by atoms with van der Waals surface area (Å²) < 4.78 is 4.63. The zero-order chi connectivity index (χ0) is 10.7. The van der Waals surface area contributed by atoms with Gasteiger partial charge in [0, 0.05) is 6.42 Å². The van der Waals surface area contributed by atoms with Crippen LogP contribution in [-0.2, 0) is 14.3 Å². The van der Waals surface area contributed by atoms with Gasteiger partial charge >= 0.3 is 5.97 Å². The summed E-state index contributed by atoms with van der Waals surface area (Å²) in [5, 5.41) is 2.41. The standard InChI is InChI=1S/C9H14ClNO3/c1-11-8(9(13)14-2)5-3-6(10)7(12)4-5/h5-6,8,11H,3-4H2,1-2H3. The fourth-order valence-electron chi connectivity index (χ4n) is 1.79. The maximum atomic E-state index is 11.3. The van der Waals surface area contributed by atoms with E-state index in [9.17, 15) is 9.59 Å². The van der Waals surface area contributed by atoms with Crippen molar-refractivity contribution >= 4 is 23.4 Å². The van der Waals surface area contributed by atoms with E-state index in [1.165, 1.54) is 7.11 Å². The monoisotopic (exact) mass is 219 g/mol. The van der Waals surface area contributed by atoms with Gasteiger partial charge in [0.2, 0.25) is 0 Å². The molecule has 1 aliphatic carbocycles. The fraction of sp³-hybridized carbons (Fsp3) is 0.778. The quantitative estimate of drug-likeness (QED) is 0.549. The maximum absolute atomic E-state index is 11.3. The first-order chi connectivity index (χ1) is 6.60. The summed E-state index contributed by atoms with van der Waals surface area (Å²) in [6.07, 6.45) is 0.899. The van der Waals surface area contributed by atoms with Crippen LogP contribution in [0.1, 0.15) is 12.8 Å². The second-order valence-electron chi connectivity index (χ2n) is 3.42. The Balaban J connectivity index is 2.63. The van der Waals surface area contributed by atoms with E-state index in [0.29, 0.717) is 12.8 Å². The first-order valence-corrected chi connectivity index (χ1v) is 4.95. The molecule has 80 valence electrons. The Morgan fingerprint density at radius 1 is 1.71 bits per heavy atom. The third kappa shape index (κ3) is 2.25. The number of likely N-dealkylation sites (N-methyl/N-ethyl adjacent to an activating group) is 1. The molecule has 0 amide bonds. The van der Waals surface area contributed by atoms with Crippen LogP contribution in [0.15, 0.2) is 0 Å². The molecule has 1 N–H and O–H groups in total. The lowest BCUT2D eigenvalue weighted by molar-refractivity contribution is -0.144. The number of ether oxygens (including phenoxy) is 1. The number of methoxy groups -OCH3 is 1. The van der Waals surface area contributed by atoms with Crippen LogP contribution in [0.25, 0.3) is 0 Å². The number of ketones is 1. The van der Waals surface area contributed by atoms with E-state index in [4.69, 9.17) is 11.6 Å². The van der Waals surface area contributed by atoms with E-state index >= 15 is 0 Å². The summed E-state index contributed by atoms with van der Waals surface area (Å²) in [6.45, 7) is 0. The predicted molar refractivity (Wildman–Crippen MR) is 52.2 cm³/mol. The van der Waals surface area contributed by atoms with Gasteiger partial charge in [-0.1, -0.05) is 0 Å². The van der Waals surface area contributed by atoms with Crippen LogP contribution in [0, 0.1) is 5.92 Å². The number of rotatable bonds is 3. The molecule has 0 aromatic heterocycles. The smallest absolute Gasteiger partial charge is 0.323 e. The summed E-state index contributed by atoms with van der Waals surface area (Å²) in [7, 11) is 3.01. The average Bonchev–Trinajstić information content (AvgIpc) is 2.48. The Hall–Kier alpha value is -0.610.